The number of nitrogens with two attached hydrogens (primary N) is 1. The molecule has 1 atom stereocenters. The molecule has 3 rings (SSSR count). The van der Waals surface area contributed by atoms with Crippen LogP contribution in [0.3, 0.4) is 0 Å². The van der Waals surface area contributed by atoms with Crippen molar-refractivity contribution in [2.75, 3.05) is 10.8 Å². The van der Waals surface area contributed by atoms with Gasteiger partial charge < -0.3 is 5.73 Å². The molecule has 0 radical (unpaired) electrons. The number of anilines is 2. The first-order chi connectivity index (χ1) is 10.6. The van der Waals surface area contributed by atoms with Gasteiger partial charge in [0.15, 0.2) is 5.72 Å². The Labute approximate surface area is 129 Å². The van der Waals surface area contributed by atoms with E-state index in [1.807, 2.05) is 61.5 Å². The van der Waals surface area contributed by atoms with E-state index in [1.165, 1.54) is 5.06 Å². The van der Waals surface area contributed by atoms with Crippen molar-refractivity contribution in [1.82, 2.24) is 5.32 Å². The number of nitrogens with zero attached hydrogens (tertiary/aromatic N) is 1. The van der Waals surface area contributed by atoms with Crippen LogP contribution in [-0.2, 0) is 16.2 Å². The number of carbonyl (C=O) groups excluding carboxylic acids is 1. The molecule has 2 aromatic carbocycles. The predicted molar refractivity (Wildman–Crippen MR) is 85.7 cm³/mol. The van der Waals surface area contributed by atoms with Gasteiger partial charge in [0.05, 0.1) is 12.1 Å². The standard InChI is InChI=1S/C17H19N3O2/c1-17(19-12-13-7-5-6-10-15(13)18)11-16(21)20(22-17)14-8-3-2-4-9-14/h2-10,19H,11-12,18H2,1H3. The van der Waals surface area contributed by atoms with Crippen LogP contribution in [0.1, 0.15) is 18.9 Å². The van der Waals surface area contributed by atoms with Crippen LogP contribution in [0.15, 0.2) is 54.6 Å². The minimum Gasteiger partial charge on any atom is -0.398 e. The Morgan fingerprint density at radius 1 is 1.18 bits per heavy atom. The first kappa shape index (κ1) is 14.6. The van der Waals surface area contributed by atoms with Crippen molar-refractivity contribution in [2.45, 2.75) is 25.6 Å². The highest BCUT2D eigenvalue weighted by Gasteiger charge is 2.41. The molecule has 1 heterocycles. The molecule has 0 aliphatic carbocycles. The van der Waals surface area contributed by atoms with Crippen molar-refractivity contribution in [1.29, 1.82) is 0 Å². The Hall–Kier alpha value is -2.37. The second-order valence-corrected chi connectivity index (χ2v) is 5.57. The summed E-state index contributed by atoms with van der Waals surface area (Å²) in [7, 11) is 0. The number of para-hydroxylation sites is 2. The van der Waals surface area contributed by atoms with Crippen molar-refractivity contribution < 1.29 is 9.63 Å². The highest BCUT2D eigenvalue weighted by atomic mass is 16.7. The van der Waals surface area contributed by atoms with Gasteiger partial charge in [-0.1, -0.05) is 36.4 Å². The SMILES string of the molecule is CC1(NCc2ccccc2N)CC(=O)N(c2ccccc2)O1. The summed E-state index contributed by atoms with van der Waals surface area (Å²) in [6, 6.07) is 17.0. The molecule has 1 saturated heterocycles. The summed E-state index contributed by atoms with van der Waals surface area (Å²) in [6.45, 7) is 2.41. The number of amides is 1. The van der Waals surface area contributed by atoms with Crippen LogP contribution < -0.4 is 16.1 Å². The molecule has 3 N–H and O–H groups in total. The Morgan fingerprint density at radius 2 is 1.86 bits per heavy atom. The lowest BCUT2D eigenvalue weighted by Crippen LogP contribution is -2.42. The molecule has 1 amide bonds. The van der Waals surface area contributed by atoms with Crippen LogP contribution in [0, 0.1) is 0 Å². The Balaban J connectivity index is 1.70. The average Bonchev–Trinajstić information content (AvgIpc) is 2.83. The molecule has 1 aliphatic heterocycles. The summed E-state index contributed by atoms with van der Waals surface area (Å²) in [5.74, 6) is -0.0674. The summed E-state index contributed by atoms with van der Waals surface area (Å²) < 4.78 is 0. The predicted octanol–water partition coefficient (Wildman–Crippen LogP) is 2.44. The maximum Gasteiger partial charge on any atom is 0.255 e. The summed E-state index contributed by atoms with van der Waals surface area (Å²) in [4.78, 5) is 18.0. The Kier molecular flexibility index (Phi) is 3.83. The zero-order valence-corrected chi connectivity index (χ0v) is 12.5. The number of hydrogen-bond donors (Lipinski definition) is 2. The monoisotopic (exact) mass is 297 g/mol. The van der Waals surface area contributed by atoms with E-state index in [0.29, 0.717) is 6.54 Å². The van der Waals surface area contributed by atoms with Crippen LogP contribution in [-0.4, -0.2) is 11.6 Å². The van der Waals surface area contributed by atoms with Gasteiger partial charge in [-0.2, -0.15) is 5.06 Å². The third-order valence-corrected chi connectivity index (χ3v) is 3.71. The van der Waals surface area contributed by atoms with Gasteiger partial charge in [0.25, 0.3) is 5.91 Å². The lowest BCUT2D eigenvalue weighted by molar-refractivity contribution is -0.119. The molecule has 1 aliphatic rings. The summed E-state index contributed by atoms with van der Waals surface area (Å²) >= 11 is 0. The van der Waals surface area contributed by atoms with Crippen molar-refractivity contribution in [2.24, 2.45) is 0 Å². The summed E-state index contributed by atoms with van der Waals surface area (Å²) in [5.41, 5.74) is 7.64. The molecule has 5 nitrogen and oxygen atoms in total. The first-order valence-electron chi connectivity index (χ1n) is 7.23. The zero-order valence-electron chi connectivity index (χ0n) is 12.5. The van der Waals surface area contributed by atoms with E-state index in [0.717, 1.165) is 16.9 Å². The number of hydrogen-bond acceptors (Lipinski definition) is 4. The number of hydroxylamine groups is 1. The molecule has 0 spiro atoms. The number of nitrogen functional groups attached to an aromatic ring is 1. The summed E-state index contributed by atoms with van der Waals surface area (Å²) in [6.07, 6.45) is 0.272. The minimum atomic E-state index is -0.741. The van der Waals surface area contributed by atoms with E-state index in [1.54, 1.807) is 0 Å². The Morgan fingerprint density at radius 3 is 2.59 bits per heavy atom. The average molecular weight is 297 g/mol. The molecule has 0 bridgehead atoms. The molecule has 22 heavy (non-hydrogen) atoms. The van der Waals surface area contributed by atoms with Gasteiger partial charge in [0.1, 0.15) is 0 Å². The van der Waals surface area contributed by atoms with Crippen LogP contribution in [0.4, 0.5) is 11.4 Å². The van der Waals surface area contributed by atoms with Crippen molar-refractivity contribution in [3.63, 3.8) is 0 Å². The second kappa shape index (κ2) is 5.79. The number of carbonyl (C=O) groups is 1. The van der Waals surface area contributed by atoms with E-state index in [4.69, 9.17) is 10.6 Å². The third kappa shape index (κ3) is 2.95. The summed E-state index contributed by atoms with van der Waals surface area (Å²) in [5, 5.41) is 4.63. The largest absolute Gasteiger partial charge is 0.398 e. The lowest BCUT2D eigenvalue weighted by atomic mass is 10.1. The van der Waals surface area contributed by atoms with Crippen molar-refractivity contribution in [3.05, 3.63) is 60.2 Å². The van der Waals surface area contributed by atoms with E-state index in [9.17, 15) is 4.79 Å². The fourth-order valence-electron chi connectivity index (χ4n) is 2.48. The highest BCUT2D eigenvalue weighted by Crippen LogP contribution is 2.29. The van der Waals surface area contributed by atoms with Gasteiger partial charge in [0.2, 0.25) is 0 Å². The van der Waals surface area contributed by atoms with E-state index < -0.39 is 5.72 Å². The lowest BCUT2D eigenvalue weighted by Gasteiger charge is -2.25. The molecule has 0 saturated carbocycles. The maximum absolute atomic E-state index is 12.2. The van der Waals surface area contributed by atoms with Crippen LogP contribution >= 0.6 is 0 Å². The van der Waals surface area contributed by atoms with Gasteiger partial charge in [-0.15, -0.1) is 0 Å². The van der Waals surface area contributed by atoms with Gasteiger partial charge in [0, 0.05) is 12.2 Å². The number of rotatable bonds is 4. The maximum atomic E-state index is 12.2. The second-order valence-electron chi connectivity index (χ2n) is 5.57. The zero-order chi connectivity index (χ0) is 15.6. The first-order valence-corrected chi connectivity index (χ1v) is 7.23. The topological polar surface area (TPSA) is 67.6 Å². The Bertz CT molecular complexity index is 675. The van der Waals surface area contributed by atoms with Crippen LogP contribution in [0.25, 0.3) is 0 Å². The van der Waals surface area contributed by atoms with E-state index in [-0.39, 0.29) is 12.3 Å². The molecular weight excluding hydrogens is 278 g/mol. The van der Waals surface area contributed by atoms with Gasteiger partial charge >= 0.3 is 0 Å². The smallest absolute Gasteiger partial charge is 0.255 e. The van der Waals surface area contributed by atoms with Gasteiger partial charge in [-0.25, -0.2) is 4.84 Å². The van der Waals surface area contributed by atoms with Crippen molar-refractivity contribution >= 4 is 17.3 Å². The van der Waals surface area contributed by atoms with Crippen LogP contribution in [0.2, 0.25) is 0 Å². The fourth-order valence-corrected chi connectivity index (χ4v) is 2.48. The van der Waals surface area contributed by atoms with Gasteiger partial charge in [-0.05, 0) is 30.7 Å². The van der Waals surface area contributed by atoms with Gasteiger partial charge in [-0.3, -0.25) is 10.1 Å². The molecule has 2 aromatic rings. The molecule has 5 heteroatoms. The number of nitrogens with one attached hydrogen (secondary N) is 1. The fraction of sp³-hybridized carbons (Fsp3) is 0.235. The van der Waals surface area contributed by atoms with Crippen molar-refractivity contribution in [3.8, 4) is 0 Å². The van der Waals surface area contributed by atoms with Crippen LogP contribution in [0.5, 0.6) is 0 Å². The molecule has 0 aromatic heterocycles. The molecular formula is C17H19N3O2. The molecule has 1 unspecified atom stereocenters. The molecule has 1 fully saturated rings. The van der Waals surface area contributed by atoms with E-state index in [2.05, 4.69) is 5.32 Å². The minimum absolute atomic E-state index is 0.0674. The number of benzene rings is 2. The highest BCUT2D eigenvalue weighted by molar-refractivity contribution is 5.93. The molecule has 114 valence electrons. The third-order valence-electron chi connectivity index (χ3n) is 3.71. The van der Waals surface area contributed by atoms with E-state index >= 15 is 0 Å². The quantitative estimate of drug-likeness (QED) is 0.851. The normalized spacial score (nSPS) is 21.3.